The molecule has 2 aromatic heterocycles. The molecule has 3 N–H and O–H groups in total. The van der Waals surface area contributed by atoms with Crippen molar-refractivity contribution in [2.45, 2.75) is 38.3 Å². The smallest absolute Gasteiger partial charge is 0.232 e. The zero-order chi connectivity index (χ0) is 22.0. The summed E-state index contributed by atoms with van der Waals surface area (Å²) in [6.07, 6.45) is 6.46. The van der Waals surface area contributed by atoms with Crippen LogP contribution in [0.2, 0.25) is 5.02 Å². The van der Waals surface area contributed by atoms with Gasteiger partial charge in [-0.3, -0.25) is 14.8 Å². The highest BCUT2D eigenvalue weighted by Gasteiger charge is 2.27. The van der Waals surface area contributed by atoms with Gasteiger partial charge in [0.2, 0.25) is 5.91 Å². The predicted molar refractivity (Wildman–Crippen MR) is 122 cm³/mol. The molecular formula is C22H25ClN6O2. The van der Waals surface area contributed by atoms with E-state index in [-0.39, 0.29) is 24.5 Å². The molecule has 1 amide bonds. The molecule has 1 aromatic carbocycles. The second-order valence-corrected chi connectivity index (χ2v) is 8.08. The number of hydrogen-bond acceptors (Lipinski definition) is 6. The molecule has 31 heavy (non-hydrogen) atoms. The molecule has 0 unspecified atom stereocenters. The largest absolute Gasteiger partial charge is 0.403 e. The molecule has 1 saturated heterocycles. The maximum absolute atomic E-state index is 12.8. The molecular weight excluding hydrogens is 416 g/mol. The first-order chi connectivity index (χ1) is 15.0. The highest BCUT2D eigenvalue weighted by Crippen LogP contribution is 2.34. The fraction of sp³-hybridized carbons (Fsp3) is 0.364. The summed E-state index contributed by atoms with van der Waals surface area (Å²) in [6.45, 7) is 2.73. The van der Waals surface area contributed by atoms with Gasteiger partial charge in [-0.25, -0.2) is 4.98 Å². The Labute approximate surface area is 185 Å². The second-order valence-electron chi connectivity index (χ2n) is 7.65. The first-order valence-electron chi connectivity index (χ1n) is 10.2. The van der Waals surface area contributed by atoms with Crippen molar-refractivity contribution in [3.8, 4) is 0 Å². The number of pyridine rings is 1. The van der Waals surface area contributed by atoms with Gasteiger partial charge in [-0.05, 0) is 38.0 Å². The molecule has 3 heterocycles. The first kappa shape index (κ1) is 21.3. The first-order valence-corrected chi connectivity index (χ1v) is 10.6. The van der Waals surface area contributed by atoms with Crippen molar-refractivity contribution in [3.63, 3.8) is 0 Å². The Morgan fingerprint density at radius 2 is 2.29 bits per heavy atom. The minimum Gasteiger partial charge on any atom is -0.403 e. The van der Waals surface area contributed by atoms with Gasteiger partial charge in [0.15, 0.2) is 0 Å². The summed E-state index contributed by atoms with van der Waals surface area (Å²) < 4.78 is 7.93. The number of fused-ring (bicyclic) bond motifs is 3. The summed E-state index contributed by atoms with van der Waals surface area (Å²) in [7, 11) is 1.62. The standard InChI is InChI=1S/C22H25ClN6O2/c1-13-7-16(5-6-31-13)29-20(9-21(30)27-15(10-24)11-25-2)28-19-12-26-18-4-3-14(23)8-17(18)22(19)29/h3-4,8,10-13,16H,5-7,9,24H2,1-2H3,(H,27,30)/b15-10+,25-11?/t13-,16-/m1/s1. The van der Waals surface area contributed by atoms with Crippen LogP contribution in [0.3, 0.4) is 0 Å². The SMILES string of the molecule is CN=C/C(=C\N)NC(=O)Cc1nc2cnc3ccc(Cl)cc3c2n1[C@@H]1CCO[C@H](C)C1. The predicted octanol–water partition coefficient (Wildman–Crippen LogP) is 3.14. The number of carbonyl (C=O) groups excluding carboxylic acids is 1. The fourth-order valence-electron chi connectivity index (χ4n) is 4.13. The van der Waals surface area contributed by atoms with Crippen molar-refractivity contribution >= 4 is 45.7 Å². The van der Waals surface area contributed by atoms with E-state index >= 15 is 0 Å². The van der Waals surface area contributed by atoms with E-state index in [4.69, 9.17) is 27.1 Å². The fourth-order valence-corrected chi connectivity index (χ4v) is 4.30. The number of nitrogens with one attached hydrogen (secondary N) is 1. The van der Waals surface area contributed by atoms with E-state index in [1.165, 1.54) is 12.4 Å². The van der Waals surface area contributed by atoms with Crippen LogP contribution in [0.25, 0.3) is 21.9 Å². The van der Waals surface area contributed by atoms with Crippen LogP contribution in [0, 0.1) is 0 Å². The average Bonchev–Trinajstić information content (AvgIpc) is 3.11. The number of hydrogen-bond donors (Lipinski definition) is 2. The second kappa shape index (κ2) is 9.03. The van der Waals surface area contributed by atoms with Crippen molar-refractivity contribution in [1.29, 1.82) is 0 Å². The average molecular weight is 441 g/mol. The van der Waals surface area contributed by atoms with Crippen LogP contribution in [-0.2, 0) is 16.0 Å². The molecule has 0 spiro atoms. The zero-order valence-electron chi connectivity index (χ0n) is 17.5. The van der Waals surface area contributed by atoms with Crippen molar-refractivity contribution in [1.82, 2.24) is 19.9 Å². The minimum absolute atomic E-state index is 0.0946. The van der Waals surface area contributed by atoms with E-state index in [0.717, 1.165) is 34.8 Å². The Kier molecular flexibility index (Phi) is 6.20. The number of rotatable bonds is 5. The van der Waals surface area contributed by atoms with E-state index in [1.807, 2.05) is 18.2 Å². The van der Waals surface area contributed by atoms with Crippen LogP contribution < -0.4 is 11.1 Å². The Hall–Kier alpha value is -2.97. The van der Waals surface area contributed by atoms with Gasteiger partial charge >= 0.3 is 0 Å². The third-order valence-corrected chi connectivity index (χ3v) is 5.66. The monoisotopic (exact) mass is 440 g/mol. The van der Waals surface area contributed by atoms with Crippen LogP contribution in [-0.4, -0.2) is 46.4 Å². The summed E-state index contributed by atoms with van der Waals surface area (Å²) >= 11 is 6.30. The number of carbonyl (C=O) groups is 1. The molecule has 1 aliphatic rings. The van der Waals surface area contributed by atoms with Crippen molar-refractivity contribution in [2.24, 2.45) is 10.7 Å². The Morgan fingerprint density at radius 3 is 3.03 bits per heavy atom. The van der Waals surface area contributed by atoms with Gasteiger partial charge in [0.25, 0.3) is 0 Å². The van der Waals surface area contributed by atoms with Gasteiger partial charge in [0, 0.05) is 42.5 Å². The van der Waals surface area contributed by atoms with Gasteiger partial charge in [-0.1, -0.05) is 11.6 Å². The molecule has 0 bridgehead atoms. The Morgan fingerprint density at radius 1 is 1.45 bits per heavy atom. The van der Waals surface area contributed by atoms with Crippen molar-refractivity contribution < 1.29 is 9.53 Å². The van der Waals surface area contributed by atoms with E-state index in [2.05, 4.69) is 26.8 Å². The summed E-state index contributed by atoms with van der Waals surface area (Å²) in [6, 6.07) is 5.78. The molecule has 3 aromatic rings. The minimum atomic E-state index is -0.219. The molecule has 0 saturated carbocycles. The number of allylic oxidation sites excluding steroid dienone is 1. The lowest BCUT2D eigenvalue weighted by Gasteiger charge is -2.30. The van der Waals surface area contributed by atoms with E-state index < -0.39 is 0 Å². The number of ether oxygens (including phenoxy) is 1. The van der Waals surface area contributed by atoms with E-state index in [0.29, 0.717) is 23.2 Å². The maximum atomic E-state index is 12.8. The number of nitrogens with zero attached hydrogens (tertiary/aromatic N) is 4. The topological polar surface area (TPSA) is 107 Å². The summed E-state index contributed by atoms with van der Waals surface area (Å²) in [5, 5.41) is 4.33. The third kappa shape index (κ3) is 4.40. The quantitative estimate of drug-likeness (QED) is 0.592. The number of halogens is 1. The summed E-state index contributed by atoms with van der Waals surface area (Å²) in [5.41, 5.74) is 8.53. The van der Waals surface area contributed by atoms with Gasteiger partial charge in [-0.15, -0.1) is 0 Å². The molecule has 8 nitrogen and oxygen atoms in total. The molecule has 1 aliphatic heterocycles. The third-order valence-electron chi connectivity index (χ3n) is 5.42. The number of nitrogens with two attached hydrogens (primary N) is 1. The van der Waals surface area contributed by atoms with Crippen LogP contribution in [0.15, 0.2) is 41.3 Å². The van der Waals surface area contributed by atoms with Crippen LogP contribution in [0.4, 0.5) is 0 Å². The maximum Gasteiger partial charge on any atom is 0.232 e. The van der Waals surface area contributed by atoms with Gasteiger partial charge in [0.1, 0.15) is 11.3 Å². The lowest BCUT2D eigenvalue weighted by molar-refractivity contribution is -0.119. The van der Waals surface area contributed by atoms with Gasteiger partial charge in [-0.2, -0.15) is 0 Å². The van der Waals surface area contributed by atoms with Crippen LogP contribution in [0.5, 0.6) is 0 Å². The van der Waals surface area contributed by atoms with Gasteiger partial charge < -0.3 is 20.4 Å². The normalized spacial score (nSPS) is 20.0. The lowest BCUT2D eigenvalue weighted by Crippen LogP contribution is -2.30. The van der Waals surface area contributed by atoms with Crippen molar-refractivity contribution in [2.75, 3.05) is 13.7 Å². The van der Waals surface area contributed by atoms with Gasteiger partial charge in [0.05, 0.1) is 35.5 Å². The van der Waals surface area contributed by atoms with E-state index in [1.54, 1.807) is 13.2 Å². The van der Waals surface area contributed by atoms with Crippen molar-refractivity contribution in [3.05, 3.63) is 47.1 Å². The Bertz CT molecular complexity index is 1190. The summed E-state index contributed by atoms with van der Waals surface area (Å²) in [5.74, 6) is 0.453. The molecule has 162 valence electrons. The molecule has 0 aliphatic carbocycles. The van der Waals surface area contributed by atoms with Crippen LogP contribution >= 0.6 is 11.6 Å². The molecule has 0 radical (unpaired) electrons. The summed E-state index contributed by atoms with van der Waals surface area (Å²) in [4.78, 5) is 26.0. The molecule has 1 fully saturated rings. The molecule has 2 atom stereocenters. The number of imidazole rings is 1. The molecule has 9 heteroatoms. The number of aliphatic imine (C=N–C) groups is 1. The highest BCUT2D eigenvalue weighted by molar-refractivity contribution is 6.31. The van der Waals surface area contributed by atoms with Crippen LogP contribution in [0.1, 0.15) is 31.6 Å². The Balaban J connectivity index is 1.82. The number of benzene rings is 1. The molecule has 4 rings (SSSR count). The number of aromatic nitrogens is 3. The van der Waals surface area contributed by atoms with E-state index in [9.17, 15) is 4.79 Å². The number of amides is 1. The highest BCUT2D eigenvalue weighted by atomic mass is 35.5. The lowest BCUT2D eigenvalue weighted by atomic mass is 10.0. The zero-order valence-corrected chi connectivity index (χ0v) is 18.3.